The molecule has 0 radical (unpaired) electrons. The third kappa shape index (κ3) is 5.75. The van der Waals surface area contributed by atoms with Crippen molar-refractivity contribution in [1.82, 2.24) is 10.2 Å². The SMILES string of the molecule is CN(CCCCC1CCNCC1)Cc1ccccc1. The lowest BCUT2D eigenvalue weighted by Gasteiger charge is -2.23. The van der Waals surface area contributed by atoms with E-state index >= 15 is 0 Å². The highest BCUT2D eigenvalue weighted by molar-refractivity contribution is 5.14. The van der Waals surface area contributed by atoms with Gasteiger partial charge in [0.05, 0.1) is 0 Å². The van der Waals surface area contributed by atoms with Gasteiger partial charge in [-0.1, -0.05) is 43.2 Å². The van der Waals surface area contributed by atoms with Crippen LogP contribution in [0.2, 0.25) is 0 Å². The molecule has 0 saturated carbocycles. The number of benzene rings is 1. The van der Waals surface area contributed by atoms with Gasteiger partial charge in [-0.05, 0) is 57.4 Å². The number of nitrogens with zero attached hydrogens (tertiary/aromatic N) is 1. The highest BCUT2D eigenvalue weighted by Crippen LogP contribution is 2.18. The van der Waals surface area contributed by atoms with E-state index in [2.05, 4.69) is 47.6 Å². The second-order valence-electron chi connectivity index (χ2n) is 5.91. The highest BCUT2D eigenvalue weighted by Gasteiger charge is 2.12. The Labute approximate surface area is 118 Å². The molecule has 1 aromatic carbocycles. The fraction of sp³-hybridized carbons (Fsp3) is 0.647. The van der Waals surface area contributed by atoms with Gasteiger partial charge in [-0.15, -0.1) is 0 Å². The Hall–Kier alpha value is -0.860. The molecule has 1 aromatic rings. The third-order valence-electron chi connectivity index (χ3n) is 4.16. The Kier molecular flexibility index (Phi) is 6.38. The van der Waals surface area contributed by atoms with Gasteiger partial charge in [-0.2, -0.15) is 0 Å². The Morgan fingerprint density at radius 1 is 1.11 bits per heavy atom. The van der Waals surface area contributed by atoms with Gasteiger partial charge in [0.2, 0.25) is 0 Å². The second kappa shape index (κ2) is 8.34. The summed E-state index contributed by atoms with van der Waals surface area (Å²) in [7, 11) is 2.23. The molecule has 1 aliphatic rings. The van der Waals surface area contributed by atoms with Crippen molar-refractivity contribution in [3.8, 4) is 0 Å². The maximum Gasteiger partial charge on any atom is 0.0230 e. The lowest BCUT2D eigenvalue weighted by Crippen LogP contribution is -2.27. The van der Waals surface area contributed by atoms with Gasteiger partial charge >= 0.3 is 0 Å². The molecule has 2 heteroatoms. The summed E-state index contributed by atoms with van der Waals surface area (Å²) in [5.41, 5.74) is 1.42. The second-order valence-corrected chi connectivity index (χ2v) is 5.91. The maximum atomic E-state index is 3.44. The topological polar surface area (TPSA) is 15.3 Å². The minimum atomic E-state index is 0.987. The van der Waals surface area contributed by atoms with Gasteiger partial charge in [0, 0.05) is 6.54 Å². The van der Waals surface area contributed by atoms with Crippen LogP contribution in [0.3, 0.4) is 0 Å². The van der Waals surface area contributed by atoms with Crippen LogP contribution in [0.5, 0.6) is 0 Å². The monoisotopic (exact) mass is 260 g/mol. The van der Waals surface area contributed by atoms with Crippen LogP contribution in [0.25, 0.3) is 0 Å². The number of unbranched alkanes of at least 4 members (excludes halogenated alkanes) is 1. The Balaban J connectivity index is 1.55. The average molecular weight is 260 g/mol. The number of rotatable bonds is 7. The van der Waals surface area contributed by atoms with E-state index in [1.54, 1.807) is 0 Å². The van der Waals surface area contributed by atoms with E-state index in [0.717, 1.165) is 12.5 Å². The van der Waals surface area contributed by atoms with Gasteiger partial charge in [-0.3, -0.25) is 0 Å². The molecule has 2 nitrogen and oxygen atoms in total. The van der Waals surface area contributed by atoms with Crippen molar-refractivity contribution in [3.63, 3.8) is 0 Å². The van der Waals surface area contributed by atoms with Gasteiger partial charge in [0.1, 0.15) is 0 Å². The van der Waals surface area contributed by atoms with Crippen LogP contribution < -0.4 is 5.32 Å². The van der Waals surface area contributed by atoms with Crippen LogP contribution in [-0.2, 0) is 6.54 Å². The molecule has 1 fully saturated rings. The smallest absolute Gasteiger partial charge is 0.0230 e. The lowest BCUT2D eigenvalue weighted by atomic mass is 9.92. The Morgan fingerprint density at radius 3 is 2.58 bits per heavy atom. The van der Waals surface area contributed by atoms with Gasteiger partial charge in [0.15, 0.2) is 0 Å². The summed E-state index contributed by atoms with van der Waals surface area (Å²) in [4.78, 5) is 2.44. The fourth-order valence-corrected chi connectivity index (χ4v) is 2.96. The van der Waals surface area contributed by atoms with Crippen LogP contribution in [0.4, 0.5) is 0 Å². The molecule has 0 aliphatic carbocycles. The zero-order chi connectivity index (χ0) is 13.3. The summed E-state index contributed by atoms with van der Waals surface area (Å²) in [5.74, 6) is 0.987. The molecule has 0 bridgehead atoms. The summed E-state index contributed by atoms with van der Waals surface area (Å²) >= 11 is 0. The number of piperidine rings is 1. The molecular formula is C17H28N2. The van der Waals surface area contributed by atoms with Crippen molar-refractivity contribution in [2.75, 3.05) is 26.7 Å². The molecule has 2 rings (SSSR count). The van der Waals surface area contributed by atoms with Crippen molar-refractivity contribution in [3.05, 3.63) is 35.9 Å². The van der Waals surface area contributed by atoms with E-state index in [-0.39, 0.29) is 0 Å². The largest absolute Gasteiger partial charge is 0.317 e. The first-order valence-corrected chi connectivity index (χ1v) is 7.78. The van der Waals surface area contributed by atoms with E-state index in [1.807, 2.05) is 0 Å². The van der Waals surface area contributed by atoms with E-state index in [4.69, 9.17) is 0 Å². The molecule has 0 unspecified atom stereocenters. The summed E-state index contributed by atoms with van der Waals surface area (Å²) in [6, 6.07) is 10.8. The first-order chi connectivity index (χ1) is 9.34. The number of hydrogen-bond donors (Lipinski definition) is 1. The van der Waals surface area contributed by atoms with Crippen LogP contribution in [0.15, 0.2) is 30.3 Å². The summed E-state index contributed by atoms with van der Waals surface area (Å²) < 4.78 is 0. The fourth-order valence-electron chi connectivity index (χ4n) is 2.96. The zero-order valence-corrected chi connectivity index (χ0v) is 12.3. The van der Waals surface area contributed by atoms with Crippen LogP contribution in [0, 0.1) is 5.92 Å². The van der Waals surface area contributed by atoms with E-state index < -0.39 is 0 Å². The van der Waals surface area contributed by atoms with Crippen molar-refractivity contribution < 1.29 is 0 Å². The van der Waals surface area contributed by atoms with Gasteiger partial charge in [0.25, 0.3) is 0 Å². The van der Waals surface area contributed by atoms with Gasteiger partial charge in [-0.25, -0.2) is 0 Å². The minimum absolute atomic E-state index is 0.987. The summed E-state index contributed by atoms with van der Waals surface area (Å²) in [5, 5.41) is 3.44. The van der Waals surface area contributed by atoms with Crippen LogP contribution in [-0.4, -0.2) is 31.6 Å². The lowest BCUT2D eigenvalue weighted by molar-refractivity contribution is 0.298. The van der Waals surface area contributed by atoms with Crippen molar-refractivity contribution in [2.24, 2.45) is 5.92 Å². The molecule has 1 N–H and O–H groups in total. The quantitative estimate of drug-likeness (QED) is 0.757. The Bertz CT molecular complexity index is 330. The van der Waals surface area contributed by atoms with Crippen molar-refractivity contribution in [2.45, 2.75) is 38.6 Å². The zero-order valence-electron chi connectivity index (χ0n) is 12.3. The first-order valence-electron chi connectivity index (χ1n) is 7.78. The molecule has 106 valence electrons. The third-order valence-corrected chi connectivity index (χ3v) is 4.16. The molecule has 0 atom stereocenters. The molecule has 0 amide bonds. The molecule has 19 heavy (non-hydrogen) atoms. The summed E-state index contributed by atoms with van der Waals surface area (Å²) in [6.45, 7) is 4.77. The maximum absolute atomic E-state index is 3.44. The summed E-state index contributed by atoms with van der Waals surface area (Å²) in [6.07, 6.45) is 6.94. The van der Waals surface area contributed by atoms with Crippen LogP contribution >= 0.6 is 0 Å². The minimum Gasteiger partial charge on any atom is -0.317 e. The average Bonchev–Trinajstić information content (AvgIpc) is 2.46. The van der Waals surface area contributed by atoms with Gasteiger partial charge < -0.3 is 10.2 Å². The van der Waals surface area contributed by atoms with E-state index in [1.165, 1.54) is 57.3 Å². The molecule has 0 spiro atoms. The predicted molar refractivity (Wildman–Crippen MR) is 82.2 cm³/mol. The molecule has 1 saturated heterocycles. The number of nitrogens with one attached hydrogen (secondary N) is 1. The van der Waals surface area contributed by atoms with E-state index in [0.29, 0.717) is 0 Å². The molecule has 1 aliphatic heterocycles. The van der Waals surface area contributed by atoms with Crippen molar-refractivity contribution >= 4 is 0 Å². The highest BCUT2D eigenvalue weighted by atomic mass is 15.1. The Morgan fingerprint density at radius 2 is 1.84 bits per heavy atom. The van der Waals surface area contributed by atoms with Crippen LogP contribution in [0.1, 0.15) is 37.7 Å². The molecule has 1 heterocycles. The normalized spacial score (nSPS) is 16.9. The standard InChI is InChI=1S/C17H28N2/c1-19(15-17-8-3-2-4-9-17)14-6-5-7-16-10-12-18-13-11-16/h2-4,8-9,16,18H,5-7,10-15H2,1H3. The van der Waals surface area contributed by atoms with Crippen molar-refractivity contribution in [1.29, 1.82) is 0 Å². The molecule has 0 aromatic heterocycles. The number of hydrogen-bond acceptors (Lipinski definition) is 2. The molecular weight excluding hydrogens is 232 g/mol. The predicted octanol–water partition coefficient (Wildman–Crippen LogP) is 3.29. The first kappa shape index (κ1) is 14.5. The van der Waals surface area contributed by atoms with E-state index in [9.17, 15) is 0 Å².